The summed E-state index contributed by atoms with van der Waals surface area (Å²) in [4.78, 5) is 5.08. The van der Waals surface area contributed by atoms with E-state index in [4.69, 9.17) is 9.73 Å². The van der Waals surface area contributed by atoms with Gasteiger partial charge in [0, 0.05) is 24.3 Å². The highest BCUT2D eigenvalue weighted by molar-refractivity contribution is 6.02. The van der Waals surface area contributed by atoms with Crippen molar-refractivity contribution in [1.82, 2.24) is 0 Å². The molecular weight excluding hydrogens is 308 g/mol. The van der Waals surface area contributed by atoms with Crippen molar-refractivity contribution in [1.29, 1.82) is 0 Å². The SMILES string of the molecule is Cc1cccc(CN=C2Nc3ccccc3CC23CCOCC3)c1C. The van der Waals surface area contributed by atoms with Gasteiger partial charge in [-0.1, -0.05) is 36.4 Å². The van der Waals surface area contributed by atoms with Gasteiger partial charge in [-0.05, 0) is 61.4 Å². The van der Waals surface area contributed by atoms with Gasteiger partial charge in [-0.15, -0.1) is 0 Å². The second-order valence-electron chi connectivity index (χ2n) is 7.38. The molecule has 1 saturated heterocycles. The van der Waals surface area contributed by atoms with Crippen LogP contribution in [0.1, 0.15) is 35.1 Å². The minimum atomic E-state index is 0.102. The van der Waals surface area contributed by atoms with Crippen LogP contribution in [0.5, 0.6) is 0 Å². The number of hydrogen-bond acceptors (Lipinski definition) is 2. The maximum Gasteiger partial charge on any atom is 0.108 e. The molecule has 3 nitrogen and oxygen atoms in total. The third-order valence-electron chi connectivity index (χ3n) is 5.88. The molecule has 0 aromatic heterocycles. The summed E-state index contributed by atoms with van der Waals surface area (Å²) in [5.41, 5.74) is 6.71. The monoisotopic (exact) mass is 334 g/mol. The van der Waals surface area contributed by atoms with E-state index in [9.17, 15) is 0 Å². The van der Waals surface area contributed by atoms with Gasteiger partial charge in [-0.25, -0.2) is 0 Å². The quantitative estimate of drug-likeness (QED) is 0.866. The normalized spacial score (nSPS) is 20.3. The predicted molar refractivity (Wildman–Crippen MR) is 103 cm³/mol. The number of fused-ring (bicyclic) bond motifs is 1. The van der Waals surface area contributed by atoms with E-state index in [0.717, 1.165) is 44.9 Å². The molecule has 1 N–H and O–H groups in total. The number of benzene rings is 2. The van der Waals surface area contributed by atoms with E-state index in [1.54, 1.807) is 0 Å². The van der Waals surface area contributed by atoms with Gasteiger partial charge in [0.2, 0.25) is 0 Å². The van der Waals surface area contributed by atoms with Crippen molar-refractivity contribution in [3.8, 4) is 0 Å². The van der Waals surface area contributed by atoms with Crippen LogP contribution in [0.2, 0.25) is 0 Å². The van der Waals surface area contributed by atoms with Gasteiger partial charge in [0.15, 0.2) is 0 Å². The first-order chi connectivity index (χ1) is 12.2. The zero-order valence-corrected chi connectivity index (χ0v) is 15.1. The van der Waals surface area contributed by atoms with Gasteiger partial charge >= 0.3 is 0 Å². The van der Waals surface area contributed by atoms with Crippen molar-refractivity contribution in [2.45, 2.75) is 39.7 Å². The summed E-state index contributed by atoms with van der Waals surface area (Å²) in [5.74, 6) is 1.15. The number of rotatable bonds is 2. The van der Waals surface area contributed by atoms with Gasteiger partial charge in [-0.2, -0.15) is 0 Å². The minimum Gasteiger partial charge on any atom is -0.381 e. The average Bonchev–Trinajstić information content (AvgIpc) is 2.64. The number of nitrogens with zero attached hydrogens (tertiary/aromatic N) is 1. The molecule has 2 aliphatic rings. The van der Waals surface area contributed by atoms with Crippen LogP contribution in [-0.4, -0.2) is 19.0 Å². The highest BCUT2D eigenvalue weighted by atomic mass is 16.5. The van der Waals surface area contributed by atoms with Crippen LogP contribution in [0.15, 0.2) is 47.5 Å². The van der Waals surface area contributed by atoms with Gasteiger partial charge < -0.3 is 10.1 Å². The molecule has 2 aromatic carbocycles. The molecular formula is C22H26N2O. The minimum absolute atomic E-state index is 0.102. The molecule has 0 bridgehead atoms. The topological polar surface area (TPSA) is 33.6 Å². The number of para-hydroxylation sites is 1. The highest BCUT2D eigenvalue weighted by Crippen LogP contribution is 2.41. The molecule has 25 heavy (non-hydrogen) atoms. The Morgan fingerprint density at radius 3 is 2.68 bits per heavy atom. The number of aryl methyl sites for hydroxylation is 1. The first-order valence-electron chi connectivity index (χ1n) is 9.21. The van der Waals surface area contributed by atoms with Crippen LogP contribution in [0.4, 0.5) is 5.69 Å². The molecule has 0 atom stereocenters. The molecule has 2 aromatic rings. The van der Waals surface area contributed by atoms with Crippen molar-refractivity contribution in [2.75, 3.05) is 18.5 Å². The maximum atomic E-state index is 5.65. The Morgan fingerprint density at radius 1 is 1.04 bits per heavy atom. The van der Waals surface area contributed by atoms with Crippen LogP contribution in [0.25, 0.3) is 0 Å². The van der Waals surface area contributed by atoms with Gasteiger partial charge in [0.1, 0.15) is 5.84 Å². The lowest BCUT2D eigenvalue weighted by atomic mass is 9.71. The summed E-state index contributed by atoms with van der Waals surface area (Å²) < 4.78 is 5.65. The van der Waals surface area contributed by atoms with Gasteiger partial charge in [0.05, 0.1) is 6.54 Å². The maximum absolute atomic E-state index is 5.65. The Balaban J connectivity index is 1.68. The Hall–Kier alpha value is -2.13. The lowest BCUT2D eigenvalue weighted by molar-refractivity contribution is 0.0448. The summed E-state index contributed by atoms with van der Waals surface area (Å²) in [7, 11) is 0. The van der Waals surface area contributed by atoms with Crippen molar-refractivity contribution < 1.29 is 4.74 Å². The molecule has 0 aliphatic carbocycles. The number of aliphatic imine (C=N–C) groups is 1. The molecule has 0 radical (unpaired) electrons. The molecule has 2 aliphatic heterocycles. The van der Waals surface area contributed by atoms with Crippen LogP contribution < -0.4 is 5.32 Å². The van der Waals surface area contributed by atoms with E-state index in [2.05, 4.69) is 61.6 Å². The summed E-state index contributed by atoms with van der Waals surface area (Å²) in [6.45, 7) is 6.75. The molecule has 3 heteroatoms. The van der Waals surface area contributed by atoms with Crippen molar-refractivity contribution in [2.24, 2.45) is 10.4 Å². The molecule has 0 unspecified atom stereocenters. The molecule has 1 fully saturated rings. The third-order valence-corrected chi connectivity index (χ3v) is 5.88. The summed E-state index contributed by atoms with van der Waals surface area (Å²) in [6.07, 6.45) is 3.14. The number of nitrogens with one attached hydrogen (secondary N) is 1. The molecule has 0 amide bonds. The summed E-state index contributed by atoms with van der Waals surface area (Å²) >= 11 is 0. The van der Waals surface area contributed by atoms with Crippen LogP contribution >= 0.6 is 0 Å². The van der Waals surface area contributed by atoms with Crippen molar-refractivity contribution in [3.63, 3.8) is 0 Å². The molecule has 4 rings (SSSR count). The van der Waals surface area contributed by atoms with Crippen LogP contribution in [0, 0.1) is 19.3 Å². The van der Waals surface area contributed by atoms with E-state index in [-0.39, 0.29) is 5.41 Å². The number of hydrogen-bond donors (Lipinski definition) is 1. The fourth-order valence-corrected chi connectivity index (χ4v) is 4.04. The molecule has 2 heterocycles. The number of anilines is 1. The fourth-order valence-electron chi connectivity index (χ4n) is 4.04. The molecule has 0 saturated carbocycles. The van der Waals surface area contributed by atoms with E-state index >= 15 is 0 Å². The van der Waals surface area contributed by atoms with Gasteiger partial charge in [0.25, 0.3) is 0 Å². The highest BCUT2D eigenvalue weighted by Gasteiger charge is 2.41. The average molecular weight is 334 g/mol. The third kappa shape index (κ3) is 3.09. The first-order valence-corrected chi connectivity index (χ1v) is 9.21. The van der Waals surface area contributed by atoms with Crippen LogP contribution in [0.3, 0.4) is 0 Å². The largest absolute Gasteiger partial charge is 0.381 e. The first kappa shape index (κ1) is 16.3. The van der Waals surface area contributed by atoms with E-state index in [1.165, 1.54) is 27.9 Å². The predicted octanol–water partition coefficient (Wildman–Crippen LogP) is 4.67. The number of ether oxygens (including phenoxy) is 1. The lowest BCUT2D eigenvalue weighted by Gasteiger charge is -2.42. The Morgan fingerprint density at radius 2 is 1.84 bits per heavy atom. The fraction of sp³-hybridized carbons (Fsp3) is 0.409. The second kappa shape index (κ2) is 6.64. The molecule has 130 valence electrons. The zero-order valence-electron chi connectivity index (χ0n) is 15.1. The summed E-state index contributed by atoms with van der Waals surface area (Å²) in [6, 6.07) is 15.1. The smallest absolute Gasteiger partial charge is 0.108 e. The Labute approximate surface area is 150 Å². The van der Waals surface area contributed by atoms with E-state index in [0.29, 0.717) is 0 Å². The van der Waals surface area contributed by atoms with Gasteiger partial charge in [-0.3, -0.25) is 4.99 Å². The van der Waals surface area contributed by atoms with Crippen molar-refractivity contribution in [3.05, 3.63) is 64.7 Å². The second-order valence-corrected chi connectivity index (χ2v) is 7.38. The lowest BCUT2D eigenvalue weighted by Crippen LogP contribution is -2.45. The Bertz CT molecular complexity index is 803. The van der Waals surface area contributed by atoms with E-state index in [1.807, 2.05) is 0 Å². The van der Waals surface area contributed by atoms with Crippen LogP contribution in [-0.2, 0) is 17.7 Å². The Kier molecular flexibility index (Phi) is 4.34. The van der Waals surface area contributed by atoms with Crippen molar-refractivity contribution >= 4 is 11.5 Å². The van der Waals surface area contributed by atoms with E-state index < -0.39 is 0 Å². The zero-order chi connectivity index (χ0) is 17.3. The standard InChI is InChI=1S/C22H26N2O/c1-16-6-5-8-19(17(16)2)15-23-21-22(10-12-25-13-11-22)14-18-7-3-4-9-20(18)24-21/h3-9H,10-15H2,1-2H3,(H,23,24). The summed E-state index contributed by atoms with van der Waals surface area (Å²) in [5, 5.41) is 3.66. The molecule has 1 spiro atoms. The number of amidine groups is 1.